The molecule has 0 unspecified atom stereocenters. The van der Waals surface area contributed by atoms with Crippen LogP contribution in [-0.2, 0) is 4.79 Å². The molecule has 2 nitrogen and oxygen atoms in total. The van der Waals surface area contributed by atoms with Crippen LogP contribution in [0.4, 0.5) is 0 Å². The molecule has 0 radical (unpaired) electrons. The molecule has 2 heteroatoms. The first-order valence-electron chi connectivity index (χ1n) is 5.30. The molecular weight excluding hydrogens is 174 g/mol. The maximum absolute atomic E-state index is 11.1. The number of carbonyl (C=O) groups is 1. The van der Waals surface area contributed by atoms with E-state index >= 15 is 0 Å². The fourth-order valence-corrected chi connectivity index (χ4v) is 0.869. The molecule has 0 bridgehead atoms. The van der Waals surface area contributed by atoms with Gasteiger partial charge < -0.3 is 5.32 Å². The predicted molar refractivity (Wildman–Crippen MR) is 59.7 cm³/mol. The summed E-state index contributed by atoms with van der Waals surface area (Å²) in [6, 6.07) is 0. The molecule has 80 valence electrons. The van der Waals surface area contributed by atoms with Crippen molar-refractivity contribution in [1.82, 2.24) is 5.32 Å². The summed E-state index contributed by atoms with van der Waals surface area (Å²) in [7, 11) is 0. The first-order valence-corrected chi connectivity index (χ1v) is 5.30. The Hall–Kier alpha value is -0.970. The molecule has 0 aliphatic rings. The quantitative estimate of drug-likeness (QED) is 0.541. The molecule has 0 spiro atoms. The van der Waals surface area contributed by atoms with Gasteiger partial charge in [0.1, 0.15) is 0 Å². The number of amides is 1. The number of hydrogen-bond acceptors (Lipinski definition) is 1. The van der Waals surface area contributed by atoms with Crippen molar-refractivity contribution in [3.05, 3.63) is 0 Å². The second-order valence-electron chi connectivity index (χ2n) is 4.03. The van der Waals surface area contributed by atoms with Gasteiger partial charge in [0, 0.05) is 24.8 Å². The summed E-state index contributed by atoms with van der Waals surface area (Å²) >= 11 is 0. The Bertz CT molecular complexity index is 220. The van der Waals surface area contributed by atoms with E-state index < -0.39 is 0 Å². The SMILES string of the molecule is CC(C)C#CCCCNC(=O)C(C)C. The van der Waals surface area contributed by atoms with E-state index in [4.69, 9.17) is 0 Å². The first-order chi connectivity index (χ1) is 6.54. The lowest BCUT2D eigenvalue weighted by molar-refractivity contribution is -0.123. The Morgan fingerprint density at radius 2 is 1.93 bits per heavy atom. The van der Waals surface area contributed by atoms with Gasteiger partial charge in [-0.25, -0.2) is 0 Å². The van der Waals surface area contributed by atoms with E-state index in [2.05, 4.69) is 31.0 Å². The monoisotopic (exact) mass is 195 g/mol. The van der Waals surface area contributed by atoms with E-state index in [-0.39, 0.29) is 11.8 Å². The molecule has 1 amide bonds. The molecule has 0 fully saturated rings. The lowest BCUT2D eigenvalue weighted by Gasteiger charge is -2.05. The molecule has 0 heterocycles. The van der Waals surface area contributed by atoms with Gasteiger partial charge in [-0.3, -0.25) is 4.79 Å². The molecule has 0 rings (SSSR count). The maximum atomic E-state index is 11.1. The summed E-state index contributed by atoms with van der Waals surface area (Å²) < 4.78 is 0. The van der Waals surface area contributed by atoms with Crippen LogP contribution in [-0.4, -0.2) is 12.5 Å². The largest absolute Gasteiger partial charge is 0.356 e. The summed E-state index contributed by atoms with van der Waals surface area (Å²) in [5, 5.41) is 2.86. The zero-order chi connectivity index (χ0) is 11.0. The van der Waals surface area contributed by atoms with Crippen LogP contribution in [0, 0.1) is 23.7 Å². The van der Waals surface area contributed by atoms with Crippen LogP contribution in [0.15, 0.2) is 0 Å². The summed E-state index contributed by atoms with van der Waals surface area (Å²) in [5.41, 5.74) is 0. The number of unbranched alkanes of at least 4 members (excludes halogenated alkanes) is 1. The Kier molecular flexibility index (Phi) is 6.92. The van der Waals surface area contributed by atoms with Crippen LogP contribution < -0.4 is 5.32 Å². The van der Waals surface area contributed by atoms with Gasteiger partial charge in [-0.05, 0) is 6.42 Å². The van der Waals surface area contributed by atoms with E-state index in [1.165, 1.54) is 0 Å². The van der Waals surface area contributed by atoms with Crippen LogP contribution >= 0.6 is 0 Å². The van der Waals surface area contributed by atoms with Crippen molar-refractivity contribution in [2.75, 3.05) is 6.54 Å². The Morgan fingerprint density at radius 3 is 2.43 bits per heavy atom. The van der Waals surface area contributed by atoms with Gasteiger partial charge in [0.25, 0.3) is 0 Å². The highest BCUT2D eigenvalue weighted by Gasteiger charge is 2.03. The molecule has 0 aromatic rings. The van der Waals surface area contributed by atoms with Crippen LogP contribution in [0.25, 0.3) is 0 Å². The summed E-state index contributed by atoms with van der Waals surface area (Å²) in [6.45, 7) is 8.69. The number of carbonyl (C=O) groups excluding carboxylic acids is 1. The normalized spacial score (nSPS) is 9.86. The van der Waals surface area contributed by atoms with Crippen molar-refractivity contribution in [2.24, 2.45) is 11.8 Å². The fourth-order valence-electron chi connectivity index (χ4n) is 0.869. The Labute approximate surface area is 87.5 Å². The minimum Gasteiger partial charge on any atom is -0.356 e. The van der Waals surface area contributed by atoms with Gasteiger partial charge in [-0.2, -0.15) is 0 Å². The van der Waals surface area contributed by atoms with Gasteiger partial charge in [0.2, 0.25) is 5.91 Å². The number of hydrogen-bond donors (Lipinski definition) is 1. The second kappa shape index (κ2) is 7.44. The second-order valence-corrected chi connectivity index (χ2v) is 4.03. The van der Waals surface area contributed by atoms with E-state index in [1.54, 1.807) is 0 Å². The van der Waals surface area contributed by atoms with E-state index in [0.29, 0.717) is 5.92 Å². The highest BCUT2D eigenvalue weighted by molar-refractivity contribution is 5.77. The highest BCUT2D eigenvalue weighted by atomic mass is 16.1. The van der Waals surface area contributed by atoms with Crippen molar-refractivity contribution < 1.29 is 4.79 Å². The topological polar surface area (TPSA) is 29.1 Å². The van der Waals surface area contributed by atoms with Crippen molar-refractivity contribution in [3.8, 4) is 11.8 Å². The molecule has 14 heavy (non-hydrogen) atoms. The zero-order valence-electron chi connectivity index (χ0n) is 9.68. The van der Waals surface area contributed by atoms with Gasteiger partial charge in [-0.15, -0.1) is 11.8 Å². The molecule has 0 aliphatic carbocycles. The molecule has 0 aromatic heterocycles. The summed E-state index contributed by atoms with van der Waals surface area (Å²) in [6.07, 6.45) is 1.81. The standard InChI is InChI=1S/C12H21NO/c1-10(2)8-6-5-7-9-13-12(14)11(3)4/h10-11H,5,7,9H2,1-4H3,(H,13,14). The molecule has 0 aliphatic heterocycles. The van der Waals surface area contributed by atoms with E-state index in [9.17, 15) is 4.79 Å². The Morgan fingerprint density at radius 1 is 1.29 bits per heavy atom. The molecular formula is C12H21NO. The number of nitrogens with one attached hydrogen (secondary N) is 1. The van der Waals surface area contributed by atoms with Gasteiger partial charge in [-0.1, -0.05) is 27.7 Å². The minimum absolute atomic E-state index is 0.0803. The fraction of sp³-hybridized carbons (Fsp3) is 0.750. The van der Waals surface area contributed by atoms with E-state index in [1.807, 2.05) is 13.8 Å². The van der Waals surface area contributed by atoms with Crippen molar-refractivity contribution in [3.63, 3.8) is 0 Å². The summed E-state index contributed by atoms with van der Waals surface area (Å²) in [5.74, 6) is 6.83. The molecule has 0 atom stereocenters. The molecule has 0 saturated carbocycles. The van der Waals surface area contributed by atoms with Crippen LogP contribution in [0.5, 0.6) is 0 Å². The van der Waals surface area contributed by atoms with Crippen LogP contribution in [0.2, 0.25) is 0 Å². The summed E-state index contributed by atoms with van der Waals surface area (Å²) in [4.78, 5) is 11.1. The van der Waals surface area contributed by atoms with E-state index in [0.717, 1.165) is 19.4 Å². The molecule has 1 N–H and O–H groups in total. The van der Waals surface area contributed by atoms with Crippen LogP contribution in [0.1, 0.15) is 40.5 Å². The van der Waals surface area contributed by atoms with Crippen molar-refractivity contribution >= 4 is 5.91 Å². The van der Waals surface area contributed by atoms with Crippen molar-refractivity contribution in [2.45, 2.75) is 40.5 Å². The Balaban J connectivity index is 3.40. The lowest BCUT2D eigenvalue weighted by Crippen LogP contribution is -2.28. The average Bonchev–Trinajstić information content (AvgIpc) is 2.09. The van der Waals surface area contributed by atoms with Crippen molar-refractivity contribution in [1.29, 1.82) is 0 Å². The third kappa shape index (κ3) is 7.67. The lowest BCUT2D eigenvalue weighted by atomic mass is 10.2. The van der Waals surface area contributed by atoms with Gasteiger partial charge in [0.15, 0.2) is 0 Å². The third-order valence-electron chi connectivity index (χ3n) is 1.69. The zero-order valence-corrected chi connectivity index (χ0v) is 9.68. The number of rotatable bonds is 4. The molecule has 0 aromatic carbocycles. The van der Waals surface area contributed by atoms with Gasteiger partial charge >= 0.3 is 0 Å². The first kappa shape index (κ1) is 13.0. The molecule has 0 saturated heterocycles. The third-order valence-corrected chi connectivity index (χ3v) is 1.69. The highest BCUT2D eigenvalue weighted by Crippen LogP contribution is 1.92. The predicted octanol–water partition coefficient (Wildman–Crippen LogP) is 2.20. The smallest absolute Gasteiger partial charge is 0.222 e. The average molecular weight is 195 g/mol. The minimum atomic E-state index is 0.0803. The van der Waals surface area contributed by atoms with Crippen LogP contribution in [0.3, 0.4) is 0 Å². The maximum Gasteiger partial charge on any atom is 0.222 e. The van der Waals surface area contributed by atoms with Gasteiger partial charge in [0.05, 0.1) is 0 Å².